The largest absolute Gasteiger partial charge is 0.382 e. The minimum atomic E-state index is -0.105. The number of hydrogen-bond acceptors (Lipinski definition) is 5. The number of nitrogens with zero attached hydrogens (tertiary/aromatic N) is 4. The van der Waals surface area contributed by atoms with Crippen molar-refractivity contribution < 1.29 is 0 Å². The fraction of sp³-hybridized carbons (Fsp3) is 0.286. The van der Waals surface area contributed by atoms with Crippen LogP contribution in [-0.4, -0.2) is 33.6 Å². The Bertz CT molecular complexity index is 526. The lowest BCUT2D eigenvalue weighted by Crippen LogP contribution is -2.25. The Morgan fingerprint density at radius 3 is 3.00 bits per heavy atom. The first-order valence-electron chi connectivity index (χ1n) is 3.69. The fourth-order valence-electron chi connectivity index (χ4n) is 1.00. The Labute approximate surface area is 77.9 Å². The van der Waals surface area contributed by atoms with Gasteiger partial charge in [-0.15, -0.1) is 0 Å². The molecule has 0 aliphatic heterocycles. The van der Waals surface area contributed by atoms with Crippen LogP contribution >= 0.6 is 11.3 Å². The zero-order valence-electron chi connectivity index (χ0n) is 7.26. The van der Waals surface area contributed by atoms with Crippen LogP contribution in [0.3, 0.4) is 0 Å². The van der Waals surface area contributed by atoms with Crippen LogP contribution in [0, 0.1) is 0 Å². The molecule has 0 aliphatic rings. The molecule has 6 heteroatoms. The van der Waals surface area contributed by atoms with Crippen LogP contribution in [0.5, 0.6) is 0 Å². The van der Waals surface area contributed by atoms with Crippen molar-refractivity contribution in [1.29, 1.82) is 0 Å². The molecule has 0 N–H and O–H groups in total. The first-order chi connectivity index (χ1) is 6.18. The van der Waals surface area contributed by atoms with Crippen LogP contribution in [0.1, 0.15) is 0 Å². The Morgan fingerprint density at radius 1 is 1.62 bits per heavy atom. The van der Waals surface area contributed by atoms with Gasteiger partial charge in [-0.25, -0.2) is 4.98 Å². The van der Waals surface area contributed by atoms with Gasteiger partial charge in [-0.3, -0.25) is 4.79 Å². The summed E-state index contributed by atoms with van der Waals surface area (Å²) >= 11 is 1.34. The molecule has 2 rings (SSSR count). The van der Waals surface area contributed by atoms with Crippen molar-refractivity contribution in [2.75, 3.05) is 14.1 Å². The first-order valence-corrected chi connectivity index (χ1v) is 4.51. The molecular weight excluding hydrogens is 188 g/mol. The molecule has 0 saturated carbocycles. The summed E-state index contributed by atoms with van der Waals surface area (Å²) in [5.74, 6) is 0. The van der Waals surface area contributed by atoms with Crippen molar-refractivity contribution in [2.45, 2.75) is 0 Å². The smallest absolute Gasteiger partial charge is 0.292 e. The van der Waals surface area contributed by atoms with Crippen molar-refractivity contribution in [3.63, 3.8) is 0 Å². The van der Waals surface area contributed by atoms with Gasteiger partial charge >= 0.3 is 0 Å². The molecule has 2 aromatic rings. The Kier molecular flexibility index (Phi) is 1.77. The highest BCUT2D eigenvalue weighted by molar-refractivity contribution is 7.14. The quantitative estimate of drug-likeness (QED) is 0.597. The van der Waals surface area contributed by atoms with Crippen molar-refractivity contribution in [1.82, 2.24) is 19.5 Å². The molecule has 0 saturated heterocycles. The summed E-state index contributed by atoms with van der Waals surface area (Å²) in [6.45, 7) is 0. The van der Waals surface area contributed by atoms with E-state index in [4.69, 9.17) is 0 Å². The maximum Gasteiger partial charge on any atom is 0.292 e. The number of thiazole rings is 1. The van der Waals surface area contributed by atoms with Gasteiger partial charge in [0.05, 0.1) is 0 Å². The molecule has 0 fully saturated rings. The summed E-state index contributed by atoms with van der Waals surface area (Å²) in [6.07, 6.45) is 3.15. The van der Waals surface area contributed by atoms with Crippen molar-refractivity contribution in [2.24, 2.45) is 0 Å². The van der Waals surface area contributed by atoms with Gasteiger partial charge in [0, 0.05) is 20.3 Å². The molecule has 2 aromatic heterocycles. The minimum absolute atomic E-state index is 0.105. The van der Waals surface area contributed by atoms with Gasteiger partial charge in [0.25, 0.3) is 5.56 Å². The van der Waals surface area contributed by atoms with Gasteiger partial charge in [0.15, 0.2) is 0 Å². The summed E-state index contributed by atoms with van der Waals surface area (Å²) < 4.78 is 1.96. The second kappa shape index (κ2) is 2.81. The maximum absolute atomic E-state index is 11.5. The second-order valence-corrected chi connectivity index (χ2v) is 3.83. The van der Waals surface area contributed by atoms with E-state index in [0.29, 0.717) is 9.49 Å². The SMILES string of the molecule is CN(C)/C=c1\sc2ncnn2c1=O. The van der Waals surface area contributed by atoms with Crippen LogP contribution in [0.2, 0.25) is 0 Å². The Morgan fingerprint density at radius 2 is 2.38 bits per heavy atom. The van der Waals surface area contributed by atoms with Crippen LogP contribution in [0.25, 0.3) is 11.2 Å². The lowest BCUT2D eigenvalue weighted by molar-refractivity contribution is 0.614. The zero-order chi connectivity index (χ0) is 9.42. The monoisotopic (exact) mass is 196 g/mol. The number of fused-ring (bicyclic) bond motifs is 1. The normalized spacial score (nSPS) is 12.6. The van der Waals surface area contributed by atoms with E-state index in [2.05, 4.69) is 10.1 Å². The van der Waals surface area contributed by atoms with E-state index in [1.807, 2.05) is 19.0 Å². The third-order valence-electron chi connectivity index (χ3n) is 1.50. The summed E-state index contributed by atoms with van der Waals surface area (Å²) in [5, 5.41) is 3.81. The number of rotatable bonds is 1. The van der Waals surface area contributed by atoms with Gasteiger partial charge in [-0.1, -0.05) is 11.3 Å². The van der Waals surface area contributed by atoms with Gasteiger partial charge in [0.2, 0.25) is 4.96 Å². The molecule has 13 heavy (non-hydrogen) atoms. The fourth-order valence-corrected chi connectivity index (χ4v) is 1.95. The molecule has 5 nitrogen and oxygen atoms in total. The molecule has 0 radical (unpaired) electrons. The highest BCUT2D eigenvalue weighted by atomic mass is 32.1. The first kappa shape index (κ1) is 8.18. The van der Waals surface area contributed by atoms with E-state index in [-0.39, 0.29) is 5.56 Å². The van der Waals surface area contributed by atoms with Gasteiger partial charge in [-0.05, 0) is 0 Å². The molecule has 0 aromatic carbocycles. The van der Waals surface area contributed by atoms with E-state index < -0.39 is 0 Å². The average Bonchev–Trinajstić information content (AvgIpc) is 2.56. The molecule has 0 bridgehead atoms. The Hall–Kier alpha value is -1.43. The second-order valence-electron chi connectivity index (χ2n) is 2.82. The number of hydrogen-bond donors (Lipinski definition) is 0. The standard InChI is InChI=1S/C7H8N4OS/c1-10(2)3-5-6(12)11-7(13-5)8-4-9-11/h3-4H,1-2H3/b5-3-. The van der Waals surface area contributed by atoms with Gasteiger partial charge in [0.1, 0.15) is 10.9 Å². The lowest BCUT2D eigenvalue weighted by Gasteiger charge is -1.99. The van der Waals surface area contributed by atoms with E-state index in [0.717, 1.165) is 0 Å². The van der Waals surface area contributed by atoms with Gasteiger partial charge < -0.3 is 4.90 Å². The lowest BCUT2D eigenvalue weighted by atomic mass is 10.7. The molecule has 0 amide bonds. The third-order valence-corrected chi connectivity index (χ3v) is 2.46. The summed E-state index contributed by atoms with van der Waals surface area (Å²) in [7, 11) is 3.74. The van der Waals surface area contributed by atoms with Crippen molar-refractivity contribution in [3.8, 4) is 0 Å². The zero-order valence-corrected chi connectivity index (χ0v) is 8.08. The molecule has 68 valence electrons. The van der Waals surface area contributed by atoms with Crippen LogP contribution in [0.15, 0.2) is 11.1 Å². The average molecular weight is 196 g/mol. The summed E-state index contributed by atoms with van der Waals surface area (Å²) in [6, 6.07) is 0. The molecule has 0 unspecified atom stereocenters. The highest BCUT2D eigenvalue weighted by Crippen LogP contribution is 1.95. The van der Waals surface area contributed by atoms with Crippen LogP contribution in [0.4, 0.5) is 0 Å². The van der Waals surface area contributed by atoms with E-state index >= 15 is 0 Å². The molecular formula is C7H8N4OS. The van der Waals surface area contributed by atoms with Crippen LogP contribution in [-0.2, 0) is 0 Å². The van der Waals surface area contributed by atoms with E-state index in [9.17, 15) is 4.79 Å². The topological polar surface area (TPSA) is 50.5 Å². The minimum Gasteiger partial charge on any atom is -0.382 e. The van der Waals surface area contributed by atoms with Gasteiger partial charge in [-0.2, -0.15) is 9.61 Å². The van der Waals surface area contributed by atoms with E-state index in [1.54, 1.807) is 6.20 Å². The van der Waals surface area contributed by atoms with Crippen molar-refractivity contribution >= 4 is 22.5 Å². The summed E-state index contributed by atoms with van der Waals surface area (Å²) in [5.41, 5.74) is -0.105. The predicted octanol–water partition coefficient (Wildman–Crippen LogP) is -0.831. The maximum atomic E-state index is 11.5. The van der Waals surface area contributed by atoms with E-state index in [1.165, 1.54) is 22.2 Å². The molecule has 0 spiro atoms. The highest BCUT2D eigenvalue weighted by Gasteiger charge is 2.04. The number of aromatic nitrogens is 3. The molecule has 0 aliphatic carbocycles. The van der Waals surface area contributed by atoms with Crippen LogP contribution < -0.4 is 10.1 Å². The Balaban J connectivity index is 2.79. The third kappa shape index (κ3) is 1.29. The summed E-state index contributed by atoms with van der Waals surface area (Å²) in [4.78, 5) is 17.9. The van der Waals surface area contributed by atoms with Crippen molar-refractivity contribution in [3.05, 3.63) is 21.2 Å². The molecule has 0 atom stereocenters. The predicted molar refractivity (Wildman–Crippen MR) is 50.5 cm³/mol. The molecule has 2 heterocycles.